The minimum Gasteiger partial charge on any atom is -0.497 e. The van der Waals surface area contributed by atoms with E-state index in [0.717, 1.165) is 42.0 Å². The highest BCUT2D eigenvalue weighted by molar-refractivity contribution is 5.92. The molecule has 2 bridgehead atoms. The molecule has 3 aliphatic rings. The summed E-state index contributed by atoms with van der Waals surface area (Å²) in [6.07, 6.45) is 1.68. The maximum absolute atomic E-state index is 13.1. The Morgan fingerprint density at radius 2 is 2.04 bits per heavy atom. The normalized spacial score (nSPS) is 29.0. The number of nitrogens with one attached hydrogen (secondary N) is 1. The molecule has 3 N–H and O–H groups in total. The van der Waals surface area contributed by atoms with Crippen molar-refractivity contribution in [3.05, 3.63) is 59.2 Å². The molecule has 6 nitrogen and oxygen atoms in total. The first-order valence-electron chi connectivity index (χ1n) is 9.83. The second kappa shape index (κ2) is 6.22. The smallest absolute Gasteiger partial charge is 0.322 e. The molecule has 5 rings (SSSR count). The van der Waals surface area contributed by atoms with Gasteiger partial charge in [-0.1, -0.05) is 24.3 Å². The van der Waals surface area contributed by atoms with E-state index in [-0.39, 0.29) is 18.1 Å². The lowest BCUT2D eigenvalue weighted by Gasteiger charge is -2.57. The molecular formula is C22H26N4O2. The maximum Gasteiger partial charge on any atom is 0.322 e. The van der Waals surface area contributed by atoms with Crippen LogP contribution in [0.1, 0.15) is 23.1 Å². The summed E-state index contributed by atoms with van der Waals surface area (Å²) in [6.45, 7) is 1.50. The number of rotatable bonds is 2. The summed E-state index contributed by atoms with van der Waals surface area (Å²) in [5.41, 5.74) is 11.0. The predicted octanol–water partition coefficient (Wildman–Crippen LogP) is 2.53. The summed E-state index contributed by atoms with van der Waals surface area (Å²) < 4.78 is 5.47. The van der Waals surface area contributed by atoms with Crippen molar-refractivity contribution in [2.24, 2.45) is 5.73 Å². The minimum absolute atomic E-state index is 0.0647. The van der Waals surface area contributed by atoms with E-state index in [0.29, 0.717) is 6.54 Å². The van der Waals surface area contributed by atoms with Crippen molar-refractivity contribution in [1.82, 2.24) is 9.80 Å². The zero-order valence-electron chi connectivity index (χ0n) is 16.3. The molecule has 1 fully saturated rings. The van der Waals surface area contributed by atoms with Crippen LogP contribution in [0.3, 0.4) is 0 Å². The third-order valence-electron chi connectivity index (χ3n) is 6.78. The van der Waals surface area contributed by atoms with Crippen LogP contribution in [0.4, 0.5) is 10.5 Å². The first-order chi connectivity index (χ1) is 13.5. The van der Waals surface area contributed by atoms with Crippen LogP contribution in [0.15, 0.2) is 42.5 Å². The van der Waals surface area contributed by atoms with Gasteiger partial charge in [-0.15, -0.1) is 0 Å². The Kier molecular flexibility index (Phi) is 3.89. The molecule has 6 heteroatoms. The second-order valence-electron chi connectivity index (χ2n) is 8.23. The monoisotopic (exact) mass is 378 g/mol. The van der Waals surface area contributed by atoms with Gasteiger partial charge in [0.05, 0.1) is 18.7 Å². The SMILES string of the molecule is COc1ccc2c(c1)[C@]1(N)CCN(C)[C@H](C2)[C@@H]1N1Cc2ccccc2NC1=O. The third-order valence-corrected chi connectivity index (χ3v) is 6.78. The zero-order chi connectivity index (χ0) is 19.5. The molecule has 0 aromatic heterocycles. The molecule has 28 heavy (non-hydrogen) atoms. The summed E-state index contributed by atoms with van der Waals surface area (Å²) in [5.74, 6) is 0.813. The topological polar surface area (TPSA) is 70.8 Å². The average Bonchev–Trinajstić information content (AvgIpc) is 2.70. The predicted molar refractivity (Wildman–Crippen MR) is 108 cm³/mol. The number of nitrogens with zero attached hydrogens (tertiary/aromatic N) is 2. The summed E-state index contributed by atoms with van der Waals surface area (Å²) in [5, 5.41) is 3.06. The number of carbonyl (C=O) groups is 1. The zero-order valence-corrected chi connectivity index (χ0v) is 16.3. The lowest BCUT2D eigenvalue weighted by atomic mass is 9.66. The lowest BCUT2D eigenvalue weighted by molar-refractivity contribution is 0.00238. The molecule has 0 spiro atoms. The maximum atomic E-state index is 13.1. The van der Waals surface area contributed by atoms with E-state index in [9.17, 15) is 4.79 Å². The summed E-state index contributed by atoms with van der Waals surface area (Å²) in [4.78, 5) is 17.4. The van der Waals surface area contributed by atoms with E-state index in [1.165, 1.54) is 5.56 Å². The number of carbonyl (C=O) groups excluding carboxylic acids is 1. The quantitative estimate of drug-likeness (QED) is 0.843. The Morgan fingerprint density at radius 3 is 2.86 bits per heavy atom. The van der Waals surface area contributed by atoms with Gasteiger partial charge in [-0.05, 0) is 54.8 Å². The highest BCUT2D eigenvalue weighted by Gasteiger charge is 2.54. The Bertz CT molecular complexity index is 946. The van der Waals surface area contributed by atoms with Crippen molar-refractivity contribution in [3.8, 4) is 5.75 Å². The largest absolute Gasteiger partial charge is 0.497 e. The van der Waals surface area contributed by atoms with Crippen molar-refractivity contribution < 1.29 is 9.53 Å². The van der Waals surface area contributed by atoms with Crippen molar-refractivity contribution >= 4 is 11.7 Å². The van der Waals surface area contributed by atoms with Crippen molar-refractivity contribution in [2.45, 2.75) is 37.0 Å². The van der Waals surface area contributed by atoms with Gasteiger partial charge in [-0.3, -0.25) is 0 Å². The van der Waals surface area contributed by atoms with Gasteiger partial charge in [0.25, 0.3) is 0 Å². The van der Waals surface area contributed by atoms with Crippen LogP contribution in [-0.4, -0.2) is 48.6 Å². The van der Waals surface area contributed by atoms with Gasteiger partial charge >= 0.3 is 6.03 Å². The standard InChI is InChI=1S/C22H26N4O2/c1-25-10-9-22(23)17-12-16(28-2)8-7-14(17)11-19(25)20(22)26-13-15-5-3-4-6-18(15)24-21(26)27/h3-8,12,19-20H,9-11,13,23H2,1-2H3,(H,24,27)/t19-,20+,22-/m1/s1. The Labute approximate surface area is 165 Å². The number of urea groups is 1. The van der Waals surface area contributed by atoms with E-state index in [2.05, 4.69) is 35.5 Å². The molecule has 3 atom stereocenters. The number of nitrogens with two attached hydrogens (primary N) is 1. The van der Waals surface area contributed by atoms with Gasteiger partial charge in [0.1, 0.15) is 5.75 Å². The van der Waals surface area contributed by atoms with Crippen LogP contribution in [0, 0.1) is 0 Å². The molecular weight excluding hydrogens is 352 g/mol. The molecule has 2 aliphatic heterocycles. The van der Waals surface area contributed by atoms with Crippen molar-refractivity contribution in [1.29, 1.82) is 0 Å². The highest BCUT2D eigenvalue weighted by Crippen LogP contribution is 2.46. The number of anilines is 1. The van der Waals surface area contributed by atoms with Gasteiger partial charge in [0.2, 0.25) is 0 Å². The highest BCUT2D eigenvalue weighted by atomic mass is 16.5. The van der Waals surface area contributed by atoms with Crippen LogP contribution >= 0.6 is 0 Å². The number of methoxy groups -OCH3 is 1. The number of fused-ring (bicyclic) bond motifs is 5. The molecule has 0 unspecified atom stereocenters. The molecule has 2 aromatic carbocycles. The number of ether oxygens (including phenoxy) is 1. The van der Waals surface area contributed by atoms with E-state index in [1.54, 1.807) is 7.11 Å². The fourth-order valence-electron chi connectivity index (χ4n) is 5.27. The van der Waals surface area contributed by atoms with E-state index < -0.39 is 5.54 Å². The lowest BCUT2D eigenvalue weighted by Crippen LogP contribution is -2.72. The van der Waals surface area contributed by atoms with Crippen LogP contribution in [-0.2, 0) is 18.5 Å². The Balaban J connectivity index is 1.61. The van der Waals surface area contributed by atoms with Gasteiger partial charge in [-0.25, -0.2) is 4.79 Å². The van der Waals surface area contributed by atoms with Crippen LogP contribution in [0.5, 0.6) is 5.75 Å². The summed E-state index contributed by atoms with van der Waals surface area (Å²) in [6, 6.07) is 14.2. The number of piperidine rings is 1. The van der Waals surface area contributed by atoms with Crippen molar-refractivity contribution in [2.75, 3.05) is 26.0 Å². The number of para-hydroxylation sites is 1. The Morgan fingerprint density at radius 1 is 1.21 bits per heavy atom. The number of amides is 2. The van der Waals surface area contributed by atoms with Gasteiger partial charge in [0.15, 0.2) is 0 Å². The summed E-state index contributed by atoms with van der Waals surface area (Å²) >= 11 is 0. The Hall–Kier alpha value is -2.57. The van der Waals surface area contributed by atoms with E-state index in [4.69, 9.17) is 10.5 Å². The number of hydrogen-bond donors (Lipinski definition) is 2. The first kappa shape index (κ1) is 17.5. The fraction of sp³-hybridized carbons (Fsp3) is 0.409. The first-order valence-corrected chi connectivity index (χ1v) is 9.83. The molecule has 0 radical (unpaired) electrons. The van der Waals surface area contributed by atoms with Gasteiger partial charge in [-0.2, -0.15) is 0 Å². The minimum atomic E-state index is -0.594. The van der Waals surface area contributed by atoms with Crippen LogP contribution in [0.25, 0.3) is 0 Å². The van der Waals surface area contributed by atoms with Crippen LogP contribution < -0.4 is 15.8 Å². The molecule has 2 aromatic rings. The molecule has 2 heterocycles. The molecule has 1 aliphatic carbocycles. The molecule has 0 saturated carbocycles. The van der Waals surface area contributed by atoms with E-state index in [1.807, 2.05) is 29.2 Å². The molecule has 2 amide bonds. The fourth-order valence-corrected chi connectivity index (χ4v) is 5.27. The van der Waals surface area contributed by atoms with Gasteiger partial charge < -0.3 is 25.6 Å². The average molecular weight is 378 g/mol. The number of likely N-dealkylation sites (N-methyl/N-ethyl adjacent to an activating group) is 1. The molecule has 1 saturated heterocycles. The van der Waals surface area contributed by atoms with E-state index >= 15 is 0 Å². The molecule has 146 valence electrons. The van der Waals surface area contributed by atoms with Crippen molar-refractivity contribution in [3.63, 3.8) is 0 Å². The van der Waals surface area contributed by atoms with Gasteiger partial charge in [0, 0.05) is 24.8 Å². The number of benzene rings is 2. The summed E-state index contributed by atoms with van der Waals surface area (Å²) in [7, 11) is 3.82. The third kappa shape index (κ3) is 2.45. The number of likely N-dealkylation sites (tertiary alicyclic amines) is 1. The second-order valence-corrected chi connectivity index (χ2v) is 8.23. The van der Waals surface area contributed by atoms with Crippen LogP contribution in [0.2, 0.25) is 0 Å². The number of hydrogen-bond acceptors (Lipinski definition) is 4.